The van der Waals surface area contributed by atoms with Crippen LogP contribution in [0, 0.1) is 5.92 Å². The molecule has 1 heterocycles. The molecule has 0 bridgehead atoms. The quantitative estimate of drug-likeness (QED) is 0.559. The van der Waals surface area contributed by atoms with E-state index < -0.39 is 30.1 Å². The number of carbonyl (C=O) groups excluding carboxylic acids is 1. The van der Waals surface area contributed by atoms with Crippen molar-refractivity contribution in [2.75, 3.05) is 11.5 Å². The maximum absolute atomic E-state index is 13.2. The number of rotatable bonds is 9. The summed E-state index contributed by atoms with van der Waals surface area (Å²) in [5, 5.41) is 22.1. The van der Waals surface area contributed by atoms with E-state index in [-0.39, 0.29) is 17.9 Å². The minimum Gasteiger partial charge on any atom is -0.480 e. The van der Waals surface area contributed by atoms with E-state index in [4.69, 9.17) is 0 Å². The predicted octanol–water partition coefficient (Wildman–Crippen LogP) is 2.10. The Bertz CT molecular complexity index is 712. The summed E-state index contributed by atoms with van der Waals surface area (Å²) in [4.78, 5) is 38.1. The number of hydrogen-bond donors (Lipinski definition) is 3. The second-order valence-corrected chi connectivity index (χ2v) is 8.82. The third-order valence-electron chi connectivity index (χ3n) is 5.29. The molecule has 2 rings (SSSR count). The molecule has 4 unspecified atom stereocenters. The molecular formula is C21H30N2O5S. The van der Waals surface area contributed by atoms with Gasteiger partial charge >= 0.3 is 11.9 Å². The van der Waals surface area contributed by atoms with Crippen LogP contribution in [0.5, 0.6) is 0 Å². The molecule has 1 aromatic rings. The van der Waals surface area contributed by atoms with Crippen LogP contribution >= 0.6 is 11.8 Å². The van der Waals surface area contributed by atoms with Gasteiger partial charge < -0.3 is 15.1 Å². The molecule has 1 fully saturated rings. The number of aryl methyl sites for hydroxylation is 1. The summed E-state index contributed by atoms with van der Waals surface area (Å²) in [5.41, 5.74) is 1.03. The molecular weight excluding hydrogens is 392 g/mol. The molecule has 0 spiro atoms. The van der Waals surface area contributed by atoms with Gasteiger partial charge in [-0.25, -0.2) is 4.79 Å². The Hall–Kier alpha value is -2.06. The highest BCUT2D eigenvalue weighted by Gasteiger charge is 2.40. The zero-order chi connectivity index (χ0) is 21.6. The van der Waals surface area contributed by atoms with Gasteiger partial charge in [0.25, 0.3) is 0 Å². The van der Waals surface area contributed by atoms with Crippen molar-refractivity contribution in [3.63, 3.8) is 0 Å². The number of thioether (sulfide) groups is 1. The molecule has 8 heteroatoms. The van der Waals surface area contributed by atoms with Gasteiger partial charge in [-0.1, -0.05) is 44.2 Å². The Balaban J connectivity index is 2.16. The third kappa shape index (κ3) is 6.21. The van der Waals surface area contributed by atoms with E-state index in [0.29, 0.717) is 24.3 Å². The van der Waals surface area contributed by atoms with Gasteiger partial charge in [0.1, 0.15) is 12.1 Å². The second kappa shape index (κ2) is 10.6. The van der Waals surface area contributed by atoms with Crippen LogP contribution in [0.1, 0.15) is 32.8 Å². The largest absolute Gasteiger partial charge is 0.480 e. The third-order valence-corrected chi connectivity index (χ3v) is 6.44. The van der Waals surface area contributed by atoms with Gasteiger partial charge in [-0.3, -0.25) is 14.9 Å². The summed E-state index contributed by atoms with van der Waals surface area (Å²) in [7, 11) is 0. The number of nitrogens with one attached hydrogen (secondary N) is 1. The lowest BCUT2D eigenvalue weighted by molar-refractivity contribution is -0.153. The minimum absolute atomic E-state index is 0.0975. The van der Waals surface area contributed by atoms with E-state index >= 15 is 0 Å². The molecule has 29 heavy (non-hydrogen) atoms. The van der Waals surface area contributed by atoms with E-state index in [9.17, 15) is 24.6 Å². The molecule has 0 saturated carbocycles. The van der Waals surface area contributed by atoms with Crippen molar-refractivity contribution in [2.45, 2.75) is 57.8 Å². The molecule has 0 aliphatic carbocycles. The molecule has 7 nitrogen and oxygen atoms in total. The SMILES string of the molecule is CC(C)C1CSCC(NC(CCc2ccccc2)C(=O)O)C(=O)N1C(C)C(=O)O. The first-order chi connectivity index (χ1) is 13.7. The van der Waals surface area contributed by atoms with Gasteiger partial charge in [-0.05, 0) is 31.2 Å². The van der Waals surface area contributed by atoms with Crippen LogP contribution in [0.4, 0.5) is 0 Å². The van der Waals surface area contributed by atoms with E-state index in [2.05, 4.69) is 5.32 Å². The van der Waals surface area contributed by atoms with Gasteiger partial charge in [0, 0.05) is 17.5 Å². The Labute approximate surface area is 175 Å². The average Bonchev–Trinajstić information content (AvgIpc) is 2.84. The number of carboxylic acid groups (broad SMARTS) is 2. The maximum Gasteiger partial charge on any atom is 0.326 e. The van der Waals surface area contributed by atoms with Crippen LogP contribution in [0.25, 0.3) is 0 Å². The Kier molecular flexibility index (Phi) is 8.52. The highest BCUT2D eigenvalue weighted by molar-refractivity contribution is 7.99. The van der Waals surface area contributed by atoms with Gasteiger partial charge in [-0.2, -0.15) is 11.8 Å². The van der Waals surface area contributed by atoms with Crippen molar-refractivity contribution in [2.24, 2.45) is 5.92 Å². The van der Waals surface area contributed by atoms with E-state index in [1.54, 1.807) is 11.8 Å². The molecule has 1 aliphatic rings. The summed E-state index contributed by atoms with van der Waals surface area (Å²) in [6, 6.07) is 6.79. The highest BCUT2D eigenvalue weighted by Crippen LogP contribution is 2.25. The van der Waals surface area contributed by atoms with Gasteiger partial charge in [0.15, 0.2) is 0 Å². The van der Waals surface area contributed by atoms with Crippen LogP contribution in [-0.2, 0) is 20.8 Å². The van der Waals surface area contributed by atoms with Crippen LogP contribution in [0.3, 0.4) is 0 Å². The number of aliphatic carboxylic acids is 2. The topological polar surface area (TPSA) is 107 Å². The molecule has 0 aromatic heterocycles. The summed E-state index contributed by atoms with van der Waals surface area (Å²) in [5.74, 6) is -1.27. The lowest BCUT2D eigenvalue weighted by Crippen LogP contribution is -2.58. The number of carbonyl (C=O) groups is 3. The molecule has 1 saturated heterocycles. The summed E-state index contributed by atoms with van der Waals surface area (Å²) >= 11 is 1.55. The lowest BCUT2D eigenvalue weighted by Gasteiger charge is -2.37. The van der Waals surface area contributed by atoms with Crippen molar-refractivity contribution in [3.05, 3.63) is 35.9 Å². The first-order valence-electron chi connectivity index (χ1n) is 9.87. The number of nitrogens with zero attached hydrogens (tertiary/aromatic N) is 1. The van der Waals surface area contributed by atoms with Gasteiger partial charge in [-0.15, -0.1) is 0 Å². The van der Waals surface area contributed by atoms with Crippen LogP contribution < -0.4 is 5.32 Å². The van der Waals surface area contributed by atoms with Crippen molar-refractivity contribution >= 4 is 29.6 Å². The van der Waals surface area contributed by atoms with Crippen molar-refractivity contribution in [3.8, 4) is 0 Å². The fourth-order valence-electron chi connectivity index (χ4n) is 3.51. The van der Waals surface area contributed by atoms with Gasteiger partial charge in [0.05, 0.1) is 6.04 Å². The first kappa shape index (κ1) is 23.2. The maximum atomic E-state index is 13.2. The smallest absolute Gasteiger partial charge is 0.326 e. The molecule has 1 aromatic carbocycles. The van der Waals surface area contributed by atoms with Crippen molar-refractivity contribution in [1.82, 2.24) is 10.2 Å². The minimum atomic E-state index is -1.06. The number of amides is 1. The molecule has 4 atom stereocenters. The zero-order valence-corrected chi connectivity index (χ0v) is 17.9. The number of carboxylic acids is 2. The second-order valence-electron chi connectivity index (χ2n) is 7.74. The molecule has 0 radical (unpaired) electrons. The normalized spacial score (nSPS) is 22.2. The summed E-state index contributed by atoms with van der Waals surface area (Å²) < 4.78 is 0. The van der Waals surface area contributed by atoms with Crippen molar-refractivity contribution in [1.29, 1.82) is 0 Å². The summed E-state index contributed by atoms with van der Waals surface area (Å²) in [6.45, 7) is 5.44. The van der Waals surface area contributed by atoms with E-state index in [0.717, 1.165) is 5.56 Å². The predicted molar refractivity (Wildman–Crippen MR) is 113 cm³/mol. The Morgan fingerprint density at radius 3 is 2.34 bits per heavy atom. The van der Waals surface area contributed by atoms with Crippen LogP contribution in [-0.4, -0.2) is 68.6 Å². The highest BCUT2D eigenvalue weighted by atomic mass is 32.2. The Morgan fingerprint density at radius 1 is 1.14 bits per heavy atom. The van der Waals surface area contributed by atoms with Crippen molar-refractivity contribution < 1.29 is 24.6 Å². The monoisotopic (exact) mass is 422 g/mol. The Morgan fingerprint density at radius 2 is 1.79 bits per heavy atom. The lowest BCUT2D eigenvalue weighted by atomic mass is 10.0. The molecule has 1 amide bonds. The average molecular weight is 423 g/mol. The van der Waals surface area contributed by atoms with Gasteiger partial charge in [0.2, 0.25) is 5.91 Å². The fourth-order valence-corrected chi connectivity index (χ4v) is 4.91. The molecule has 3 N–H and O–H groups in total. The fraction of sp³-hybridized carbons (Fsp3) is 0.571. The standard InChI is InChI=1S/C21H30N2O5S/c1-13(2)18-12-29-11-17(19(24)23(18)14(3)20(25)26)22-16(21(27)28)10-9-15-7-5-4-6-8-15/h4-8,13-14,16-18,22H,9-12H2,1-3H3,(H,25,26)(H,27,28). The van der Waals surface area contributed by atoms with Crippen LogP contribution in [0.15, 0.2) is 30.3 Å². The number of benzene rings is 1. The van der Waals surface area contributed by atoms with E-state index in [1.165, 1.54) is 11.8 Å². The number of hydrogen-bond acceptors (Lipinski definition) is 5. The van der Waals surface area contributed by atoms with E-state index in [1.807, 2.05) is 44.2 Å². The van der Waals surface area contributed by atoms with Crippen LogP contribution in [0.2, 0.25) is 0 Å². The molecule has 1 aliphatic heterocycles. The first-order valence-corrected chi connectivity index (χ1v) is 11.0. The zero-order valence-electron chi connectivity index (χ0n) is 17.1. The summed E-state index contributed by atoms with van der Waals surface area (Å²) in [6.07, 6.45) is 0.915. The molecule has 160 valence electrons.